The lowest BCUT2D eigenvalue weighted by Gasteiger charge is -2.02. The second-order valence-electron chi connectivity index (χ2n) is 4.03. The number of amides is 1. The molecule has 7 heteroatoms. The Bertz CT molecular complexity index is 632. The summed E-state index contributed by atoms with van der Waals surface area (Å²) in [6.45, 7) is 1.81. The Morgan fingerprint density at radius 1 is 1.24 bits per heavy atom. The molecule has 112 valence electrons. The van der Waals surface area contributed by atoms with Crippen LogP contribution in [0.25, 0.3) is 11.3 Å². The van der Waals surface area contributed by atoms with E-state index in [0.29, 0.717) is 11.3 Å². The Balaban J connectivity index is 2.30. The van der Waals surface area contributed by atoms with E-state index in [1.165, 1.54) is 7.11 Å². The van der Waals surface area contributed by atoms with Crippen LogP contribution < -0.4 is 10.1 Å². The maximum atomic E-state index is 11.3. The van der Waals surface area contributed by atoms with Crippen molar-refractivity contribution in [2.75, 3.05) is 19.0 Å². The van der Waals surface area contributed by atoms with E-state index < -0.39 is 17.6 Å². The van der Waals surface area contributed by atoms with E-state index in [4.69, 9.17) is 9.15 Å². The highest BCUT2D eigenvalue weighted by atomic mass is 16.6. The minimum atomic E-state index is -0.789. The van der Waals surface area contributed by atoms with E-state index in [-0.39, 0.29) is 18.3 Å². The van der Waals surface area contributed by atoms with Crippen molar-refractivity contribution in [3.63, 3.8) is 0 Å². The first kappa shape index (κ1) is 14.6. The van der Waals surface area contributed by atoms with Gasteiger partial charge in [0.05, 0.1) is 13.7 Å². The van der Waals surface area contributed by atoms with E-state index >= 15 is 0 Å². The van der Waals surface area contributed by atoms with Crippen LogP contribution in [0.5, 0.6) is 17.2 Å². The molecule has 1 aromatic heterocycles. The number of furan rings is 1. The topological polar surface area (TPSA) is 101 Å². The van der Waals surface area contributed by atoms with Gasteiger partial charge < -0.3 is 24.1 Å². The summed E-state index contributed by atoms with van der Waals surface area (Å²) in [5.41, 5.74) is 0.514. The third-order valence-electron chi connectivity index (χ3n) is 2.70. The average molecular weight is 293 g/mol. The van der Waals surface area contributed by atoms with E-state index in [9.17, 15) is 15.0 Å². The van der Waals surface area contributed by atoms with Gasteiger partial charge in [0.25, 0.3) is 0 Å². The minimum absolute atomic E-state index is 0.0296. The number of methoxy groups -OCH3 is 1. The van der Waals surface area contributed by atoms with Gasteiger partial charge in [0.15, 0.2) is 5.76 Å². The van der Waals surface area contributed by atoms with Crippen LogP contribution in [-0.2, 0) is 4.74 Å². The number of carbonyl (C=O) groups is 1. The number of carbonyl (C=O) groups excluding carboxylic acids is 1. The van der Waals surface area contributed by atoms with Gasteiger partial charge in [0.1, 0.15) is 5.75 Å². The molecular formula is C14H15NO6. The van der Waals surface area contributed by atoms with E-state index in [0.717, 1.165) is 0 Å². The van der Waals surface area contributed by atoms with Gasteiger partial charge >= 0.3 is 6.09 Å². The summed E-state index contributed by atoms with van der Waals surface area (Å²) in [6, 6.07) is 6.63. The van der Waals surface area contributed by atoms with Crippen LogP contribution in [0.1, 0.15) is 6.92 Å². The number of benzene rings is 1. The molecule has 2 rings (SSSR count). The summed E-state index contributed by atoms with van der Waals surface area (Å²) in [4.78, 5) is 11.3. The largest absolute Gasteiger partial charge is 0.502 e. The number of hydrogen-bond acceptors (Lipinski definition) is 6. The molecule has 1 aromatic carbocycles. The number of ether oxygens (including phenoxy) is 2. The van der Waals surface area contributed by atoms with Gasteiger partial charge in [-0.2, -0.15) is 0 Å². The summed E-state index contributed by atoms with van der Waals surface area (Å²) in [5, 5.41) is 21.8. The fraction of sp³-hybridized carbons (Fsp3) is 0.214. The molecule has 0 atom stereocenters. The molecule has 1 amide bonds. The van der Waals surface area contributed by atoms with Crippen molar-refractivity contribution in [3.05, 3.63) is 24.3 Å². The van der Waals surface area contributed by atoms with Crippen molar-refractivity contribution < 1.29 is 28.9 Å². The van der Waals surface area contributed by atoms with Gasteiger partial charge in [-0.25, -0.2) is 4.79 Å². The Morgan fingerprint density at radius 3 is 2.48 bits per heavy atom. The number of hydrogen-bond donors (Lipinski definition) is 3. The number of nitrogens with one attached hydrogen (secondary N) is 1. The van der Waals surface area contributed by atoms with Crippen molar-refractivity contribution in [2.45, 2.75) is 6.92 Å². The van der Waals surface area contributed by atoms with Gasteiger partial charge in [-0.1, -0.05) is 0 Å². The molecule has 0 bridgehead atoms. The van der Waals surface area contributed by atoms with Crippen molar-refractivity contribution in [1.82, 2.24) is 0 Å². The van der Waals surface area contributed by atoms with Crippen LogP contribution in [0, 0.1) is 0 Å². The molecular weight excluding hydrogens is 278 g/mol. The fourth-order valence-electron chi connectivity index (χ4n) is 1.70. The predicted molar refractivity (Wildman–Crippen MR) is 74.7 cm³/mol. The van der Waals surface area contributed by atoms with E-state index in [1.807, 2.05) is 0 Å². The van der Waals surface area contributed by atoms with Gasteiger partial charge in [0.2, 0.25) is 17.4 Å². The second-order valence-corrected chi connectivity index (χ2v) is 4.03. The first-order valence-corrected chi connectivity index (χ1v) is 6.19. The molecule has 0 aliphatic heterocycles. The zero-order valence-corrected chi connectivity index (χ0v) is 11.5. The minimum Gasteiger partial charge on any atom is -0.502 e. The van der Waals surface area contributed by atoms with Crippen LogP contribution in [0.15, 0.2) is 28.7 Å². The van der Waals surface area contributed by atoms with Crippen molar-refractivity contribution >= 4 is 12.0 Å². The Hall–Kier alpha value is -2.83. The zero-order valence-electron chi connectivity index (χ0n) is 11.5. The van der Waals surface area contributed by atoms with E-state index in [1.54, 1.807) is 31.2 Å². The first-order valence-electron chi connectivity index (χ1n) is 6.19. The maximum absolute atomic E-state index is 11.3. The van der Waals surface area contributed by atoms with E-state index in [2.05, 4.69) is 10.1 Å². The van der Waals surface area contributed by atoms with Crippen molar-refractivity contribution in [2.24, 2.45) is 0 Å². The average Bonchev–Trinajstić information content (AvgIpc) is 2.76. The highest BCUT2D eigenvalue weighted by Gasteiger charge is 2.22. The van der Waals surface area contributed by atoms with Crippen LogP contribution in [0.3, 0.4) is 0 Å². The third-order valence-corrected chi connectivity index (χ3v) is 2.70. The van der Waals surface area contributed by atoms with Crippen molar-refractivity contribution in [3.8, 4) is 28.6 Å². The predicted octanol–water partition coefficient (Wildman–Crippen LogP) is 2.93. The highest BCUT2D eigenvalue weighted by Crippen LogP contribution is 2.45. The summed E-state index contributed by atoms with van der Waals surface area (Å²) in [7, 11) is 1.53. The van der Waals surface area contributed by atoms with Crippen LogP contribution >= 0.6 is 0 Å². The van der Waals surface area contributed by atoms with Crippen LogP contribution in [0.2, 0.25) is 0 Å². The van der Waals surface area contributed by atoms with Gasteiger partial charge in [-0.05, 0) is 31.2 Å². The SMILES string of the molecule is CCOC(=O)Nc1oc(-c2ccc(OC)cc2)c(O)c1O. The maximum Gasteiger partial charge on any atom is 0.414 e. The molecule has 0 aliphatic rings. The fourth-order valence-corrected chi connectivity index (χ4v) is 1.70. The van der Waals surface area contributed by atoms with Gasteiger partial charge in [-0.3, -0.25) is 5.32 Å². The summed E-state index contributed by atoms with van der Waals surface area (Å²) in [6.07, 6.45) is -0.789. The summed E-state index contributed by atoms with van der Waals surface area (Å²) < 4.78 is 15.0. The molecule has 3 N–H and O–H groups in total. The Kier molecular flexibility index (Phi) is 4.22. The summed E-state index contributed by atoms with van der Waals surface area (Å²) >= 11 is 0. The molecule has 0 unspecified atom stereocenters. The van der Waals surface area contributed by atoms with Crippen LogP contribution in [-0.4, -0.2) is 30.0 Å². The molecule has 2 aromatic rings. The molecule has 21 heavy (non-hydrogen) atoms. The molecule has 7 nitrogen and oxygen atoms in total. The summed E-state index contributed by atoms with van der Waals surface area (Å²) in [5.74, 6) is -0.640. The standard InChI is InChI=1S/C14H15NO6/c1-3-20-14(18)15-13-11(17)10(16)12(21-13)8-4-6-9(19-2)7-5-8/h4-7,16-17H,3H2,1-2H3,(H,15,18). The third kappa shape index (κ3) is 3.02. The Morgan fingerprint density at radius 2 is 1.90 bits per heavy atom. The number of aromatic hydroxyl groups is 2. The molecule has 0 saturated carbocycles. The van der Waals surface area contributed by atoms with Gasteiger partial charge in [-0.15, -0.1) is 0 Å². The molecule has 0 fully saturated rings. The van der Waals surface area contributed by atoms with Gasteiger partial charge in [0, 0.05) is 5.56 Å². The highest BCUT2D eigenvalue weighted by molar-refractivity contribution is 5.87. The molecule has 0 radical (unpaired) electrons. The quantitative estimate of drug-likeness (QED) is 0.801. The zero-order chi connectivity index (χ0) is 15.4. The van der Waals surface area contributed by atoms with Crippen LogP contribution in [0.4, 0.5) is 10.7 Å². The normalized spacial score (nSPS) is 10.2. The molecule has 1 heterocycles. The molecule has 0 saturated heterocycles. The number of anilines is 1. The lowest BCUT2D eigenvalue weighted by atomic mass is 10.1. The molecule has 0 spiro atoms. The molecule has 0 aliphatic carbocycles. The first-order chi connectivity index (χ1) is 10.1. The smallest absolute Gasteiger partial charge is 0.414 e. The Labute approximate surface area is 120 Å². The lowest BCUT2D eigenvalue weighted by molar-refractivity contribution is 0.167. The van der Waals surface area contributed by atoms with Crippen molar-refractivity contribution in [1.29, 1.82) is 0 Å². The number of rotatable bonds is 4. The monoisotopic (exact) mass is 293 g/mol. The second kappa shape index (κ2) is 6.08. The lowest BCUT2D eigenvalue weighted by Crippen LogP contribution is -2.12.